The predicted octanol–water partition coefficient (Wildman–Crippen LogP) is 2.33. The van der Waals surface area contributed by atoms with Crippen LogP contribution in [0.3, 0.4) is 0 Å². The van der Waals surface area contributed by atoms with Crippen LogP contribution in [-0.4, -0.2) is 35.8 Å². The Morgan fingerprint density at radius 1 is 1.15 bits per heavy atom. The highest BCUT2D eigenvalue weighted by atomic mass is 16.2. The van der Waals surface area contributed by atoms with E-state index in [4.69, 9.17) is 0 Å². The first-order chi connectivity index (χ1) is 9.60. The SMILES string of the molecule is CCCC1NC(=O)CN(CCC2CCC(C)CC2)C1=O. The number of amides is 2. The number of hydrogen-bond donors (Lipinski definition) is 1. The molecule has 4 nitrogen and oxygen atoms in total. The molecule has 1 aliphatic heterocycles. The van der Waals surface area contributed by atoms with Gasteiger partial charge in [0.2, 0.25) is 11.8 Å². The molecule has 1 saturated carbocycles. The lowest BCUT2D eigenvalue weighted by Gasteiger charge is -2.34. The second-order valence-corrected chi connectivity index (χ2v) is 6.58. The van der Waals surface area contributed by atoms with Crippen LogP contribution in [0, 0.1) is 11.8 Å². The van der Waals surface area contributed by atoms with Crippen molar-refractivity contribution in [3.63, 3.8) is 0 Å². The van der Waals surface area contributed by atoms with Crippen LogP contribution in [0.4, 0.5) is 0 Å². The third-order valence-electron chi connectivity index (χ3n) is 4.80. The molecule has 1 N–H and O–H groups in total. The summed E-state index contributed by atoms with van der Waals surface area (Å²) in [6, 6.07) is -0.285. The van der Waals surface area contributed by atoms with Crippen molar-refractivity contribution in [2.75, 3.05) is 13.1 Å². The Labute approximate surface area is 122 Å². The summed E-state index contributed by atoms with van der Waals surface area (Å²) >= 11 is 0. The summed E-state index contributed by atoms with van der Waals surface area (Å²) in [5.74, 6) is 1.73. The molecule has 2 aliphatic rings. The number of carbonyl (C=O) groups excluding carboxylic acids is 2. The van der Waals surface area contributed by atoms with Gasteiger partial charge in [0.15, 0.2) is 0 Å². The fraction of sp³-hybridized carbons (Fsp3) is 0.875. The maximum Gasteiger partial charge on any atom is 0.245 e. The molecule has 2 amide bonds. The minimum Gasteiger partial charge on any atom is -0.343 e. The van der Waals surface area contributed by atoms with Crippen molar-refractivity contribution in [1.29, 1.82) is 0 Å². The summed E-state index contributed by atoms with van der Waals surface area (Å²) in [5, 5.41) is 2.81. The van der Waals surface area contributed by atoms with Crippen LogP contribution >= 0.6 is 0 Å². The molecule has 1 atom stereocenters. The minimum absolute atomic E-state index is 0.000293. The van der Waals surface area contributed by atoms with E-state index in [0.29, 0.717) is 0 Å². The number of rotatable bonds is 5. The van der Waals surface area contributed by atoms with Crippen LogP contribution in [0.2, 0.25) is 0 Å². The van der Waals surface area contributed by atoms with E-state index in [1.54, 1.807) is 4.90 Å². The third-order valence-corrected chi connectivity index (χ3v) is 4.80. The van der Waals surface area contributed by atoms with E-state index in [0.717, 1.165) is 37.6 Å². The van der Waals surface area contributed by atoms with E-state index in [9.17, 15) is 9.59 Å². The lowest BCUT2D eigenvalue weighted by molar-refractivity contribution is -0.144. The summed E-state index contributed by atoms with van der Waals surface area (Å²) in [6.07, 6.45) is 7.94. The Bertz CT molecular complexity index is 348. The van der Waals surface area contributed by atoms with Crippen LogP contribution in [0.25, 0.3) is 0 Å². The first kappa shape index (κ1) is 15.3. The molecule has 0 aromatic heterocycles. The van der Waals surface area contributed by atoms with Crippen LogP contribution in [0.5, 0.6) is 0 Å². The molecule has 0 aromatic carbocycles. The van der Waals surface area contributed by atoms with Crippen molar-refractivity contribution in [3.8, 4) is 0 Å². The van der Waals surface area contributed by atoms with Gasteiger partial charge in [0.1, 0.15) is 6.04 Å². The first-order valence-electron chi connectivity index (χ1n) is 8.18. The molecule has 0 radical (unpaired) electrons. The molecular weight excluding hydrogens is 252 g/mol. The summed E-state index contributed by atoms with van der Waals surface area (Å²) in [5.41, 5.74) is 0. The molecular formula is C16H28N2O2. The average molecular weight is 280 g/mol. The topological polar surface area (TPSA) is 49.4 Å². The summed E-state index contributed by atoms with van der Waals surface area (Å²) in [6.45, 7) is 5.37. The van der Waals surface area contributed by atoms with E-state index in [-0.39, 0.29) is 24.4 Å². The second kappa shape index (κ2) is 7.09. The van der Waals surface area contributed by atoms with Crippen molar-refractivity contribution in [3.05, 3.63) is 0 Å². The lowest BCUT2D eigenvalue weighted by Crippen LogP contribution is -2.58. The molecule has 1 aliphatic carbocycles. The van der Waals surface area contributed by atoms with Crippen molar-refractivity contribution in [1.82, 2.24) is 10.2 Å². The highest BCUT2D eigenvalue weighted by Crippen LogP contribution is 2.30. The average Bonchev–Trinajstić information content (AvgIpc) is 2.43. The van der Waals surface area contributed by atoms with Crippen LogP contribution in [-0.2, 0) is 9.59 Å². The zero-order valence-electron chi connectivity index (χ0n) is 12.9. The highest BCUT2D eigenvalue weighted by Gasteiger charge is 2.32. The Hall–Kier alpha value is -1.06. The van der Waals surface area contributed by atoms with E-state index >= 15 is 0 Å². The smallest absolute Gasteiger partial charge is 0.245 e. The molecule has 114 valence electrons. The third kappa shape index (κ3) is 3.97. The normalized spacial score (nSPS) is 31.3. The molecule has 1 saturated heterocycles. The molecule has 2 fully saturated rings. The fourth-order valence-electron chi connectivity index (χ4n) is 3.40. The van der Waals surface area contributed by atoms with E-state index in [1.165, 1.54) is 25.7 Å². The zero-order valence-corrected chi connectivity index (χ0v) is 12.9. The molecule has 1 heterocycles. The van der Waals surface area contributed by atoms with E-state index in [2.05, 4.69) is 12.2 Å². The summed E-state index contributed by atoms with van der Waals surface area (Å²) in [7, 11) is 0. The van der Waals surface area contributed by atoms with Gasteiger partial charge in [-0.1, -0.05) is 46.0 Å². The maximum absolute atomic E-state index is 12.3. The molecule has 1 unspecified atom stereocenters. The van der Waals surface area contributed by atoms with Crippen molar-refractivity contribution < 1.29 is 9.59 Å². The highest BCUT2D eigenvalue weighted by molar-refractivity contribution is 5.94. The van der Waals surface area contributed by atoms with Crippen LogP contribution in [0.15, 0.2) is 0 Å². The summed E-state index contributed by atoms with van der Waals surface area (Å²) < 4.78 is 0. The van der Waals surface area contributed by atoms with Gasteiger partial charge in [0, 0.05) is 6.54 Å². The lowest BCUT2D eigenvalue weighted by atomic mass is 9.81. The minimum atomic E-state index is -0.285. The molecule has 20 heavy (non-hydrogen) atoms. The van der Waals surface area contributed by atoms with Gasteiger partial charge in [-0.15, -0.1) is 0 Å². The van der Waals surface area contributed by atoms with Crippen molar-refractivity contribution in [2.24, 2.45) is 11.8 Å². The molecule has 0 bridgehead atoms. The number of nitrogens with one attached hydrogen (secondary N) is 1. The largest absolute Gasteiger partial charge is 0.343 e. The van der Waals surface area contributed by atoms with Gasteiger partial charge >= 0.3 is 0 Å². The van der Waals surface area contributed by atoms with Gasteiger partial charge in [-0.3, -0.25) is 9.59 Å². The predicted molar refractivity (Wildman–Crippen MR) is 79.2 cm³/mol. The van der Waals surface area contributed by atoms with Gasteiger partial charge in [-0.05, 0) is 24.7 Å². The number of nitrogens with zero attached hydrogens (tertiary/aromatic N) is 1. The van der Waals surface area contributed by atoms with Gasteiger partial charge < -0.3 is 10.2 Å². The number of carbonyl (C=O) groups is 2. The monoisotopic (exact) mass is 280 g/mol. The molecule has 0 spiro atoms. The zero-order chi connectivity index (χ0) is 14.5. The Morgan fingerprint density at radius 3 is 2.50 bits per heavy atom. The van der Waals surface area contributed by atoms with Gasteiger partial charge in [0.25, 0.3) is 0 Å². The van der Waals surface area contributed by atoms with E-state index < -0.39 is 0 Å². The standard InChI is InChI=1S/C16H28N2O2/c1-3-4-14-16(20)18(11-15(19)17-14)10-9-13-7-5-12(2)6-8-13/h12-14H,3-11H2,1-2H3,(H,17,19). The van der Waals surface area contributed by atoms with Gasteiger partial charge in [0.05, 0.1) is 6.54 Å². The van der Waals surface area contributed by atoms with Gasteiger partial charge in [-0.2, -0.15) is 0 Å². The fourth-order valence-corrected chi connectivity index (χ4v) is 3.40. The van der Waals surface area contributed by atoms with Crippen LogP contribution in [0.1, 0.15) is 58.8 Å². The first-order valence-corrected chi connectivity index (χ1v) is 8.18. The van der Waals surface area contributed by atoms with Crippen molar-refractivity contribution in [2.45, 2.75) is 64.8 Å². The molecule has 0 aromatic rings. The van der Waals surface area contributed by atoms with Crippen molar-refractivity contribution >= 4 is 11.8 Å². The molecule has 4 heteroatoms. The number of hydrogen-bond acceptors (Lipinski definition) is 2. The second-order valence-electron chi connectivity index (χ2n) is 6.58. The Morgan fingerprint density at radius 2 is 1.85 bits per heavy atom. The van der Waals surface area contributed by atoms with Gasteiger partial charge in [-0.25, -0.2) is 0 Å². The maximum atomic E-state index is 12.3. The number of piperazine rings is 1. The van der Waals surface area contributed by atoms with Crippen LogP contribution < -0.4 is 5.32 Å². The quantitative estimate of drug-likeness (QED) is 0.840. The molecule has 2 rings (SSSR count). The Balaban J connectivity index is 1.81. The Kier molecular flexibility index (Phi) is 5.44. The summed E-state index contributed by atoms with van der Waals surface area (Å²) in [4.78, 5) is 25.8. The van der Waals surface area contributed by atoms with E-state index in [1.807, 2.05) is 6.92 Å².